The molecule has 2 aliphatic heterocycles. The van der Waals surface area contributed by atoms with E-state index in [1.807, 2.05) is 13.8 Å². The van der Waals surface area contributed by atoms with Crippen LogP contribution in [-0.2, 0) is 28.4 Å². The minimum absolute atomic E-state index is 0.0884. The maximum absolute atomic E-state index is 12.8. The highest BCUT2D eigenvalue weighted by Crippen LogP contribution is 2.36. The van der Waals surface area contributed by atoms with Crippen molar-refractivity contribution in [3.63, 3.8) is 0 Å². The Morgan fingerprint density at radius 1 is 1.00 bits per heavy atom. The van der Waals surface area contributed by atoms with Gasteiger partial charge < -0.3 is 59.7 Å². The average molecular weight is 648 g/mol. The topological polar surface area (TPSA) is 192 Å². The summed E-state index contributed by atoms with van der Waals surface area (Å²) in [5.41, 5.74) is 3.35. The standard InChI is InChI=1S/C31H57N3O11/c1-11-17-12-13-19(33-27(37)44-29(3,4)5)25(41-17)42-22-16(2)14-18(32)23(20(22)35)43-26-21(36)24(31(9,39)15-40-26)34(10)28(38)45-30(6,7)8/h16-26,35-36,39H,11-15,32H2,1-10H3,(H,33,37)/t16-,17+,18+,19?,20?,21?,22?,23?,24+,25+,26+,31?/m0/s1. The molecule has 0 aromatic rings. The van der Waals surface area contributed by atoms with E-state index in [2.05, 4.69) is 5.32 Å². The van der Waals surface area contributed by atoms with E-state index in [0.29, 0.717) is 12.8 Å². The number of nitrogens with zero attached hydrogens (tertiary/aromatic N) is 1. The van der Waals surface area contributed by atoms with Gasteiger partial charge in [0, 0.05) is 13.1 Å². The molecule has 2 heterocycles. The third kappa shape index (κ3) is 9.86. The molecule has 1 aliphatic carbocycles. The molecule has 14 heteroatoms. The molecule has 3 rings (SSSR count). The fraction of sp³-hybridized carbons (Fsp3) is 0.935. The van der Waals surface area contributed by atoms with E-state index in [1.165, 1.54) is 14.0 Å². The van der Waals surface area contributed by atoms with Crippen LogP contribution in [0.1, 0.15) is 88.0 Å². The third-order valence-corrected chi connectivity index (χ3v) is 8.37. The van der Waals surface area contributed by atoms with Crippen molar-refractivity contribution in [2.45, 2.75) is 166 Å². The summed E-state index contributed by atoms with van der Waals surface area (Å²) >= 11 is 0. The third-order valence-electron chi connectivity index (χ3n) is 8.37. The maximum atomic E-state index is 12.8. The second kappa shape index (κ2) is 14.5. The van der Waals surface area contributed by atoms with Gasteiger partial charge in [-0.1, -0.05) is 13.8 Å². The lowest BCUT2D eigenvalue weighted by atomic mass is 9.80. The molecule has 1 saturated carbocycles. The number of aliphatic hydroxyl groups excluding tert-OH is 2. The SMILES string of the molecule is CC[C@@H]1CCC(NC(=O)OC(C)(C)C)[C@@H](OC2C(O)C(O[C@H]3OCC(C)(O)[C@H](N(C)C(=O)OC(C)(C)C)C3O)[C@H](N)C[C@@H]2C)O1. The van der Waals surface area contributed by atoms with Crippen LogP contribution >= 0.6 is 0 Å². The van der Waals surface area contributed by atoms with Crippen molar-refractivity contribution < 1.29 is 53.3 Å². The number of alkyl carbamates (subject to hydrolysis) is 1. The molecule has 0 spiro atoms. The summed E-state index contributed by atoms with van der Waals surface area (Å²) in [4.78, 5) is 26.6. The molecule has 12 atom stereocenters. The van der Waals surface area contributed by atoms with E-state index >= 15 is 0 Å². The lowest BCUT2D eigenvalue weighted by Crippen LogP contribution is -2.68. The second-order valence-corrected chi connectivity index (χ2v) is 15.0. The lowest BCUT2D eigenvalue weighted by Gasteiger charge is -2.50. The van der Waals surface area contributed by atoms with E-state index in [1.54, 1.807) is 41.5 Å². The number of carbonyl (C=O) groups excluding carboxylic acids is 2. The number of likely N-dealkylation sites (N-methyl/N-ethyl adjacent to an activating group) is 1. The normalized spacial score (nSPS) is 39.6. The van der Waals surface area contributed by atoms with Gasteiger partial charge in [0.1, 0.15) is 35.1 Å². The zero-order valence-corrected chi connectivity index (χ0v) is 28.5. The van der Waals surface area contributed by atoms with Gasteiger partial charge in [-0.15, -0.1) is 0 Å². The van der Waals surface area contributed by atoms with Crippen LogP contribution in [0.5, 0.6) is 0 Å². The smallest absolute Gasteiger partial charge is 0.410 e. The van der Waals surface area contributed by atoms with Crippen LogP contribution in [0.3, 0.4) is 0 Å². The van der Waals surface area contributed by atoms with Crippen molar-refractivity contribution in [2.75, 3.05) is 13.7 Å². The number of nitrogens with one attached hydrogen (secondary N) is 1. The van der Waals surface area contributed by atoms with Crippen LogP contribution in [-0.4, -0.2) is 124 Å². The van der Waals surface area contributed by atoms with Crippen molar-refractivity contribution in [3.8, 4) is 0 Å². The first-order chi connectivity index (χ1) is 20.6. The van der Waals surface area contributed by atoms with Crippen LogP contribution in [0.4, 0.5) is 9.59 Å². The maximum Gasteiger partial charge on any atom is 0.410 e. The monoisotopic (exact) mass is 647 g/mol. The van der Waals surface area contributed by atoms with Gasteiger partial charge in [-0.3, -0.25) is 0 Å². The number of rotatable bonds is 7. The largest absolute Gasteiger partial charge is 0.444 e. The van der Waals surface area contributed by atoms with E-state index in [4.69, 9.17) is 34.2 Å². The van der Waals surface area contributed by atoms with Gasteiger partial charge in [0.05, 0.1) is 30.9 Å². The Hall–Kier alpha value is -1.78. The minimum Gasteiger partial charge on any atom is -0.444 e. The fourth-order valence-electron chi connectivity index (χ4n) is 6.23. The van der Waals surface area contributed by atoms with Crippen LogP contribution < -0.4 is 11.1 Å². The zero-order chi connectivity index (χ0) is 34.1. The number of hydrogen-bond donors (Lipinski definition) is 5. The number of ether oxygens (including phenoxy) is 6. The van der Waals surface area contributed by atoms with Gasteiger partial charge in [-0.2, -0.15) is 0 Å². The molecule has 3 aliphatic rings. The Labute approximate surface area is 267 Å². The minimum atomic E-state index is -1.64. The molecule has 6 unspecified atom stereocenters. The summed E-state index contributed by atoms with van der Waals surface area (Å²) in [6.07, 6.45) is -5.79. The Morgan fingerprint density at radius 2 is 1.60 bits per heavy atom. The molecule has 0 radical (unpaired) electrons. The molecule has 2 amide bonds. The zero-order valence-electron chi connectivity index (χ0n) is 28.5. The van der Waals surface area contributed by atoms with Crippen LogP contribution in [0.2, 0.25) is 0 Å². The Kier molecular flexibility index (Phi) is 12.2. The molecule has 3 fully saturated rings. The Bertz CT molecular complexity index is 1000. The molecule has 45 heavy (non-hydrogen) atoms. The lowest BCUT2D eigenvalue weighted by molar-refractivity contribution is -0.315. The number of nitrogens with two attached hydrogens (primary N) is 1. The van der Waals surface area contributed by atoms with Crippen molar-refractivity contribution in [2.24, 2.45) is 11.7 Å². The highest BCUT2D eigenvalue weighted by Gasteiger charge is 2.53. The van der Waals surface area contributed by atoms with E-state index in [0.717, 1.165) is 17.7 Å². The Balaban J connectivity index is 1.76. The van der Waals surface area contributed by atoms with Gasteiger partial charge in [0.15, 0.2) is 12.6 Å². The van der Waals surface area contributed by atoms with Gasteiger partial charge >= 0.3 is 12.2 Å². The van der Waals surface area contributed by atoms with Crippen molar-refractivity contribution in [1.82, 2.24) is 10.2 Å². The highest BCUT2D eigenvalue weighted by atomic mass is 16.7. The van der Waals surface area contributed by atoms with Crippen molar-refractivity contribution in [1.29, 1.82) is 0 Å². The highest BCUT2D eigenvalue weighted by molar-refractivity contribution is 5.68. The number of carbonyl (C=O) groups is 2. The molecule has 262 valence electrons. The summed E-state index contributed by atoms with van der Waals surface area (Å²) in [6.45, 7) is 15.6. The van der Waals surface area contributed by atoms with E-state index < -0.39 is 84.1 Å². The van der Waals surface area contributed by atoms with Gasteiger partial charge in [0.25, 0.3) is 0 Å². The van der Waals surface area contributed by atoms with Crippen LogP contribution in [0.15, 0.2) is 0 Å². The van der Waals surface area contributed by atoms with Crippen molar-refractivity contribution in [3.05, 3.63) is 0 Å². The first-order valence-electron chi connectivity index (χ1n) is 16.0. The molecular formula is C31H57N3O11. The summed E-state index contributed by atoms with van der Waals surface area (Å²) in [6, 6.07) is -2.33. The van der Waals surface area contributed by atoms with Crippen LogP contribution in [0.25, 0.3) is 0 Å². The predicted octanol–water partition coefficient (Wildman–Crippen LogP) is 2.00. The summed E-state index contributed by atoms with van der Waals surface area (Å²) in [5, 5.41) is 36.8. The number of amides is 2. The Morgan fingerprint density at radius 3 is 2.18 bits per heavy atom. The van der Waals surface area contributed by atoms with E-state index in [9.17, 15) is 24.9 Å². The van der Waals surface area contributed by atoms with Gasteiger partial charge in [0.2, 0.25) is 0 Å². The fourth-order valence-corrected chi connectivity index (χ4v) is 6.23. The number of aliphatic hydroxyl groups is 3. The van der Waals surface area contributed by atoms with Crippen LogP contribution in [0, 0.1) is 5.92 Å². The molecule has 2 saturated heterocycles. The average Bonchev–Trinajstić information content (AvgIpc) is 2.88. The molecule has 0 aromatic carbocycles. The molecule has 6 N–H and O–H groups in total. The molecule has 0 aromatic heterocycles. The predicted molar refractivity (Wildman–Crippen MR) is 163 cm³/mol. The summed E-state index contributed by atoms with van der Waals surface area (Å²) in [7, 11) is 1.42. The first kappa shape index (κ1) is 37.7. The van der Waals surface area contributed by atoms with Gasteiger partial charge in [-0.05, 0) is 80.1 Å². The summed E-state index contributed by atoms with van der Waals surface area (Å²) in [5.74, 6) is -0.216. The molecule has 0 bridgehead atoms. The number of hydrogen-bond acceptors (Lipinski definition) is 12. The first-order valence-corrected chi connectivity index (χ1v) is 16.0. The quantitative estimate of drug-likeness (QED) is 0.270. The summed E-state index contributed by atoms with van der Waals surface area (Å²) < 4.78 is 35.3. The van der Waals surface area contributed by atoms with Crippen molar-refractivity contribution >= 4 is 12.2 Å². The second-order valence-electron chi connectivity index (χ2n) is 15.0. The molecular weight excluding hydrogens is 590 g/mol. The van der Waals surface area contributed by atoms with E-state index in [-0.39, 0.29) is 18.6 Å². The molecule has 14 nitrogen and oxygen atoms in total. The van der Waals surface area contributed by atoms with Gasteiger partial charge in [-0.25, -0.2) is 9.59 Å².